The molecule has 0 saturated heterocycles. The molecular weight excluding hydrogens is 244 g/mol. The average Bonchev–Trinajstić information content (AvgIpc) is 2.95. The minimum atomic E-state index is 0.0864. The highest BCUT2D eigenvalue weighted by atomic mass is 16.7. The average molecular weight is 258 g/mol. The van der Waals surface area contributed by atoms with Crippen molar-refractivity contribution < 1.29 is 14.3 Å². The summed E-state index contributed by atoms with van der Waals surface area (Å²) in [5.41, 5.74) is 2.96. The van der Waals surface area contributed by atoms with Gasteiger partial charge in [0.25, 0.3) is 0 Å². The van der Waals surface area contributed by atoms with Crippen LogP contribution in [0.3, 0.4) is 0 Å². The molecule has 0 aliphatic carbocycles. The molecule has 5 heteroatoms. The van der Waals surface area contributed by atoms with E-state index in [0.717, 1.165) is 28.3 Å². The van der Waals surface area contributed by atoms with Gasteiger partial charge in [-0.2, -0.15) is 0 Å². The second kappa shape index (κ2) is 4.42. The number of benzene rings is 1. The number of aromatic nitrogens is 2. The number of aromatic amines is 1. The Kier molecular flexibility index (Phi) is 2.74. The first-order valence-electron chi connectivity index (χ1n) is 6.07. The van der Waals surface area contributed by atoms with Crippen LogP contribution in [0.4, 0.5) is 0 Å². The third-order valence-electron chi connectivity index (χ3n) is 3.05. The Morgan fingerprint density at radius 3 is 2.84 bits per heavy atom. The number of nitrogens with one attached hydrogen (secondary N) is 1. The van der Waals surface area contributed by atoms with Gasteiger partial charge in [-0.1, -0.05) is 0 Å². The van der Waals surface area contributed by atoms with Crippen molar-refractivity contribution in [3.8, 4) is 22.8 Å². The zero-order valence-corrected chi connectivity index (χ0v) is 10.8. The minimum absolute atomic E-state index is 0.0864. The first-order chi connectivity index (χ1) is 9.13. The van der Waals surface area contributed by atoms with Crippen LogP contribution >= 0.6 is 0 Å². The molecule has 2 aromatic rings. The Hall–Kier alpha value is -2.30. The molecule has 5 nitrogen and oxygen atoms in total. The second-order valence-electron chi connectivity index (χ2n) is 4.64. The van der Waals surface area contributed by atoms with Gasteiger partial charge in [0.05, 0.1) is 18.3 Å². The third kappa shape index (κ3) is 2.19. The molecule has 1 aliphatic rings. The third-order valence-corrected chi connectivity index (χ3v) is 3.05. The summed E-state index contributed by atoms with van der Waals surface area (Å²) in [5.74, 6) is 2.27. The predicted octanol–water partition coefficient (Wildman–Crippen LogP) is 2.25. The molecule has 0 fully saturated rings. The van der Waals surface area contributed by atoms with Crippen molar-refractivity contribution in [2.24, 2.45) is 0 Å². The van der Waals surface area contributed by atoms with Gasteiger partial charge >= 0.3 is 0 Å². The molecule has 1 aliphatic heterocycles. The first-order valence-corrected chi connectivity index (χ1v) is 6.07. The van der Waals surface area contributed by atoms with E-state index in [4.69, 9.17) is 9.47 Å². The monoisotopic (exact) mass is 258 g/mol. The van der Waals surface area contributed by atoms with Crippen molar-refractivity contribution in [1.82, 2.24) is 9.97 Å². The summed E-state index contributed by atoms with van der Waals surface area (Å²) in [6.45, 7) is 3.81. The van der Waals surface area contributed by atoms with Gasteiger partial charge in [0.1, 0.15) is 11.6 Å². The van der Waals surface area contributed by atoms with Crippen molar-refractivity contribution in [2.75, 3.05) is 6.79 Å². The molecule has 0 atom stereocenters. The van der Waals surface area contributed by atoms with E-state index in [9.17, 15) is 4.79 Å². The topological polar surface area (TPSA) is 64.2 Å². The lowest BCUT2D eigenvalue weighted by molar-refractivity contribution is -0.116. The zero-order valence-electron chi connectivity index (χ0n) is 10.8. The molecule has 0 saturated carbocycles. The van der Waals surface area contributed by atoms with E-state index < -0.39 is 0 Å². The van der Waals surface area contributed by atoms with Gasteiger partial charge in [0.2, 0.25) is 6.79 Å². The second-order valence-corrected chi connectivity index (χ2v) is 4.64. The molecule has 0 unspecified atom stereocenters. The molecule has 0 spiro atoms. The number of fused-ring (bicyclic) bond motifs is 1. The molecule has 1 aromatic carbocycles. The molecule has 2 heterocycles. The number of imidazole rings is 1. The van der Waals surface area contributed by atoms with Gasteiger partial charge in [-0.25, -0.2) is 4.98 Å². The Morgan fingerprint density at radius 2 is 2.11 bits per heavy atom. The summed E-state index contributed by atoms with van der Waals surface area (Å²) in [7, 11) is 0. The van der Waals surface area contributed by atoms with Crippen LogP contribution in [-0.2, 0) is 11.2 Å². The fourth-order valence-electron chi connectivity index (χ4n) is 2.16. The quantitative estimate of drug-likeness (QED) is 0.917. The minimum Gasteiger partial charge on any atom is -0.454 e. The summed E-state index contributed by atoms with van der Waals surface area (Å²) in [6.07, 6.45) is 2.06. The van der Waals surface area contributed by atoms with Gasteiger partial charge in [0.15, 0.2) is 11.5 Å². The predicted molar refractivity (Wildman–Crippen MR) is 69.3 cm³/mol. The maximum absolute atomic E-state index is 11.1. The highest BCUT2D eigenvalue weighted by Crippen LogP contribution is 2.37. The lowest BCUT2D eigenvalue weighted by Gasteiger charge is -2.05. The van der Waals surface area contributed by atoms with Crippen molar-refractivity contribution in [2.45, 2.75) is 20.3 Å². The van der Waals surface area contributed by atoms with Gasteiger partial charge in [0, 0.05) is 5.56 Å². The van der Waals surface area contributed by atoms with E-state index in [-0.39, 0.29) is 12.6 Å². The van der Waals surface area contributed by atoms with Crippen LogP contribution < -0.4 is 9.47 Å². The van der Waals surface area contributed by atoms with E-state index in [1.807, 2.05) is 19.1 Å². The van der Waals surface area contributed by atoms with Gasteiger partial charge in [-0.15, -0.1) is 0 Å². The molecule has 98 valence electrons. The van der Waals surface area contributed by atoms with Crippen LogP contribution in [0.5, 0.6) is 11.5 Å². The Labute approximate surface area is 110 Å². The summed E-state index contributed by atoms with van der Waals surface area (Å²) in [5, 5.41) is 0. The van der Waals surface area contributed by atoms with Crippen molar-refractivity contribution in [3.05, 3.63) is 29.7 Å². The SMILES string of the molecule is CC(=O)Cc1ncc(-c2cc3c(cc2C)OCO3)[nH]1. The van der Waals surface area contributed by atoms with Crippen molar-refractivity contribution >= 4 is 5.78 Å². The number of ketones is 1. The van der Waals surface area contributed by atoms with E-state index >= 15 is 0 Å². The maximum Gasteiger partial charge on any atom is 0.231 e. The number of carbonyl (C=O) groups excluding carboxylic acids is 1. The normalized spacial score (nSPS) is 12.7. The summed E-state index contributed by atoms with van der Waals surface area (Å²) in [4.78, 5) is 18.5. The van der Waals surface area contributed by atoms with E-state index in [1.54, 1.807) is 13.1 Å². The smallest absolute Gasteiger partial charge is 0.231 e. The maximum atomic E-state index is 11.1. The highest BCUT2D eigenvalue weighted by molar-refractivity contribution is 5.77. The van der Waals surface area contributed by atoms with E-state index in [0.29, 0.717) is 12.2 Å². The van der Waals surface area contributed by atoms with Gasteiger partial charge < -0.3 is 14.5 Å². The molecule has 0 amide bonds. The number of hydrogen-bond donors (Lipinski definition) is 1. The molecule has 0 bridgehead atoms. The number of ether oxygens (including phenoxy) is 2. The summed E-state index contributed by atoms with van der Waals surface area (Å²) < 4.78 is 10.7. The first kappa shape index (κ1) is 11.8. The van der Waals surface area contributed by atoms with Gasteiger partial charge in [-0.05, 0) is 31.5 Å². The standard InChI is InChI=1S/C14H14N2O3/c1-8-3-12-13(19-7-18-12)5-10(8)11-6-15-14(16-11)4-9(2)17/h3,5-6H,4,7H2,1-2H3,(H,15,16). The summed E-state index contributed by atoms with van der Waals surface area (Å²) in [6, 6.07) is 3.88. The van der Waals surface area contributed by atoms with Crippen LogP contribution in [0, 0.1) is 6.92 Å². The molecule has 3 rings (SSSR count). The fraction of sp³-hybridized carbons (Fsp3) is 0.286. The van der Waals surface area contributed by atoms with E-state index in [1.165, 1.54) is 0 Å². The highest BCUT2D eigenvalue weighted by Gasteiger charge is 2.17. The van der Waals surface area contributed by atoms with Crippen LogP contribution in [0.1, 0.15) is 18.3 Å². The van der Waals surface area contributed by atoms with Gasteiger partial charge in [-0.3, -0.25) is 4.79 Å². The lowest BCUT2D eigenvalue weighted by Crippen LogP contribution is -1.98. The molecule has 1 N–H and O–H groups in total. The number of hydrogen-bond acceptors (Lipinski definition) is 4. The number of H-pyrrole nitrogens is 1. The lowest BCUT2D eigenvalue weighted by atomic mass is 10.1. The Morgan fingerprint density at radius 1 is 1.37 bits per heavy atom. The number of carbonyl (C=O) groups is 1. The van der Waals surface area contributed by atoms with Crippen molar-refractivity contribution in [1.29, 1.82) is 0 Å². The molecule has 0 radical (unpaired) electrons. The number of rotatable bonds is 3. The molecule has 19 heavy (non-hydrogen) atoms. The van der Waals surface area contributed by atoms with Crippen LogP contribution in [-0.4, -0.2) is 22.5 Å². The fourth-order valence-corrected chi connectivity index (χ4v) is 2.16. The number of aryl methyl sites for hydroxylation is 1. The summed E-state index contributed by atoms with van der Waals surface area (Å²) >= 11 is 0. The number of nitrogens with zero attached hydrogens (tertiary/aromatic N) is 1. The zero-order chi connectivity index (χ0) is 13.4. The Balaban J connectivity index is 1.98. The van der Waals surface area contributed by atoms with Crippen molar-refractivity contribution in [3.63, 3.8) is 0 Å². The number of Topliss-reactive ketones (excluding diaryl/α,β-unsaturated/α-hetero) is 1. The Bertz CT molecular complexity index is 646. The van der Waals surface area contributed by atoms with Crippen LogP contribution in [0.2, 0.25) is 0 Å². The van der Waals surface area contributed by atoms with Crippen LogP contribution in [0.25, 0.3) is 11.3 Å². The van der Waals surface area contributed by atoms with E-state index in [2.05, 4.69) is 9.97 Å². The molecular formula is C14H14N2O3. The van der Waals surface area contributed by atoms with Crippen LogP contribution in [0.15, 0.2) is 18.3 Å². The molecule has 1 aromatic heterocycles. The largest absolute Gasteiger partial charge is 0.454 e.